The predicted octanol–water partition coefficient (Wildman–Crippen LogP) is 3.02. The fraction of sp³-hybridized carbons (Fsp3) is 0.565. The van der Waals surface area contributed by atoms with Crippen LogP contribution in [0.25, 0.3) is 10.9 Å². The molecule has 1 saturated heterocycles. The molecule has 1 aliphatic heterocycles. The molecular weight excluding hydrogens is 410 g/mol. The second kappa shape index (κ2) is 8.44. The van der Waals surface area contributed by atoms with Crippen LogP contribution in [0.3, 0.4) is 0 Å². The zero-order valence-electron chi connectivity index (χ0n) is 19.6. The second-order valence-corrected chi connectivity index (χ2v) is 9.86. The van der Waals surface area contributed by atoms with E-state index in [1.165, 1.54) is 11.8 Å². The van der Waals surface area contributed by atoms with Crippen LogP contribution < -0.4 is 10.6 Å². The van der Waals surface area contributed by atoms with Gasteiger partial charge in [-0.05, 0) is 31.7 Å². The third kappa shape index (κ3) is 4.16. The Morgan fingerprint density at radius 1 is 1.25 bits per heavy atom. The molecule has 3 rings (SSSR count). The van der Waals surface area contributed by atoms with Gasteiger partial charge in [-0.1, -0.05) is 39.0 Å². The van der Waals surface area contributed by atoms with Crippen LogP contribution in [0.1, 0.15) is 64.5 Å². The van der Waals surface area contributed by atoms with E-state index in [-0.39, 0.29) is 30.9 Å². The standard InChI is InChI=1S/C23H33N5O4/c1-14(2)28-18-10-8-7-9-17(18)19(26-28)20(30)25-16-11-23(22(4,5)6,13-24-15(3)29)27(12-16)21(31)32/h7-10,14,16H,11-13H2,1-6H3,(H,24,29)(H,25,30)(H,31,32)/t16-,23+/m0/s1. The SMILES string of the molecule is CC(=O)NC[C@@]1(C(C)(C)C)C[C@H](NC(=O)c2nn(C(C)C)c3ccccc23)CN1C(=O)O. The van der Waals surface area contributed by atoms with Crippen LogP contribution in [-0.2, 0) is 4.79 Å². The van der Waals surface area contributed by atoms with Crippen molar-refractivity contribution in [3.8, 4) is 0 Å². The number of rotatable bonds is 5. The van der Waals surface area contributed by atoms with Crippen LogP contribution in [0.15, 0.2) is 24.3 Å². The van der Waals surface area contributed by atoms with Crippen molar-refractivity contribution in [3.05, 3.63) is 30.0 Å². The van der Waals surface area contributed by atoms with Gasteiger partial charge in [-0.25, -0.2) is 4.79 Å². The van der Waals surface area contributed by atoms with Crippen LogP contribution in [0.4, 0.5) is 4.79 Å². The Labute approximate surface area is 188 Å². The highest BCUT2D eigenvalue weighted by atomic mass is 16.4. The minimum Gasteiger partial charge on any atom is -0.465 e. The van der Waals surface area contributed by atoms with Gasteiger partial charge in [0.1, 0.15) is 0 Å². The van der Waals surface area contributed by atoms with E-state index in [4.69, 9.17) is 0 Å². The Morgan fingerprint density at radius 3 is 2.47 bits per heavy atom. The van der Waals surface area contributed by atoms with Crippen LogP contribution in [0.2, 0.25) is 0 Å². The molecule has 1 aromatic heterocycles. The molecule has 2 aromatic rings. The molecule has 174 valence electrons. The number of fused-ring (bicyclic) bond motifs is 1. The number of carbonyl (C=O) groups is 3. The Kier molecular flexibility index (Phi) is 6.22. The van der Waals surface area contributed by atoms with Crippen molar-refractivity contribution in [1.82, 2.24) is 25.3 Å². The minimum absolute atomic E-state index is 0.0848. The average Bonchev–Trinajstić information content (AvgIpc) is 3.25. The summed E-state index contributed by atoms with van der Waals surface area (Å²) in [5.74, 6) is -0.558. The lowest BCUT2D eigenvalue weighted by molar-refractivity contribution is -0.120. The topological polar surface area (TPSA) is 117 Å². The number of carbonyl (C=O) groups excluding carboxylic acids is 2. The lowest BCUT2D eigenvalue weighted by Crippen LogP contribution is -2.61. The van der Waals surface area contributed by atoms with Crippen molar-refractivity contribution < 1.29 is 19.5 Å². The van der Waals surface area contributed by atoms with Gasteiger partial charge in [0.25, 0.3) is 5.91 Å². The van der Waals surface area contributed by atoms with Gasteiger partial charge in [0, 0.05) is 37.5 Å². The van der Waals surface area contributed by atoms with Crippen molar-refractivity contribution in [2.75, 3.05) is 13.1 Å². The number of benzene rings is 1. The number of hydrogen-bond donors (Lipinski definition) is 3. The first-order valence-corrected chi connectivity index (χ1v) is 10.9. The first kappa shape index (κ1) is 23.6. The highest BCUT2D eigenvalue weighted by Crippen LogP contribution is 2.43. The molecule has 1 aliphatic rings. The molecule has 32 heavy (non-hydrogen) atoms. The maximum Gasteiger partial charge on any atom is 0.407 e. The second-order valence-electron chi connectivity index (χ2n) is 9.86. The Hall–Kier alpha value is -3.10. The molecule has 2 heterocycles. The molecule has 1 fully saturated rings. The molecule has 1 aromatic carbocycles. The fourth-order valence-electron chi connectivity index (χ4n) is 4.65. The Morgan fingerprint density at radius 2 is 1.91 bits per heavy atom. The molecule has 9 heteroatoms. The Balaban J connectivity index is 1.91. The summed E-state index contributed by atoms with van der Waals surface area (Å²) in [5.41, 5.74) is -0.131. The lowest BCUT2D eigenvalue weighted by Gasteiger charge is -2.47. The number of amides is 3. The minimum atomic E-state index is -1.07. The summed E-state index contributed by atoms with van der Waals surface area (Å²) in [6.07, 6.45) is -0.686. The molecular formula is C23H33N5O4. The first-order valence-electron chi connectivity index (χ1n) is 10.9. The third-order valence-corrected chi connectivity index (χ3v) is 6.41. The van der Waals surface area contributed by atoms with Crippen molar-refractivity contribution in [3.63, 3.8) is 0 Å². The number of nitrogens with zero attached hydrogens (tertiary/aromatic N) is 3. The van der Waals surface area contributed by atoms with E-state index in [0.717, 1.165) is 10.9 Å². The third-order valence-electron chi connectivity index (χ3n) is 6.41. The molecule has 0 aliphatic carbocycles. The highest BCUT2D eigenvalue weighted by Gasteiger charge is 2.55. The molecule has 3 N–H and O–H groups in total. The maximum atomic E-state index is 13.2. The number of likely N-dealkylation sites (tertiary alicyclic amines) is 1. The zero-order chi connectivity index (χ0) is 23.8. The van der Waals surface area contributed by atoms with Gasteiger partial charge in [0.15, 0.2) is 5.69 Å². The zero-order valence-corrected chi connectivity index (χ0v) is 19.6. The van der Waals surface area contributed by atoms with Crippen molar-refractivity contribution in [1.29, 1.82) is 0 Å². The maximum absolute atomic E-state index is 13.2. The van der Waals surface area contributed by atoms with Gasteiger partial charge < -0.3 is 15.7 Å². The summed E-state index contributed by atoms with van der Waals surface area (Å²) in [5, 5.41) is 21.0. The van der Waals surface area contributed by atoms with Gasteiger partial charge in [0.2, 0.25) is 5.91 Å². The van der Waals surface area contributed by atoms with E-state index in [1.807, 2.05) is 63.6 Å². The number of nitrogens with one attached hydrogen (secondary N) is 2. The van der Waals surface area contributed by atoms with Crippen LogP contribution in [-0.4, -0.2) is 62.4 Å². The van der Waals surface area contributed by atoms with E-state index in [9.17, 15) is 19.5 Å². The molecule has 0 saturated carbocycles. The van der Waals surface area contributed by atoms with Gasteiger partial charge in [0.05, 0.1) is 11.1 Å². The van der Waals surface area contributed by atoms with Crippen LogP contribution >= 0.6 is 0 Å². The fourth-order valence-corrected chi connectivity index (χ4v) is 4.65. The van der Waals surface area contributed by atoms with Crippen molar-refractivity contribution >= 4 is 28.8 Å². The van der Waals surface area contributed by atoms with Crippen molar-refractivity contribution in [2.45, 2.75) is 65.6 Å². The summed E-state index contributed by atoms with van der Waals surface area (Å²) in [4.78, 5) is 38.4. The summed E-state index contributed by atoms with van der Waals surface area (Å²) in [7, 11) is 0. The van der Waals surface area contributed by atoms with E-state index in [1.54, 1.807) is 0 Å². The average molecular weight is 444 g/mol. The molecule has 0 radical (unpaired) electrons. The van der Waals surface area contributed by atoms with Gasteiger partial charge in [-0.15, -0.1) is 0 Å². The smallest absolute Gasteiger partial charge is 0.407 e. The Bertz CT molecular complexity index is 1040. The molecule has 2 atom stereocenters. The summed E-state index contributed by atoms with van der Waals surface area (Å²) in [6.45, 7) is 11.6. The van der Waals surface area contributed by atoms with Gasteiger partial charge >= 0.3 is 6.09 Å². The molecule has 9 nitrogen and oxygen atoms in total. The summed E-state index contributed by atoms with van der Waals surface area (Å²) < 4.78 is 1.82. The van der Waals surface area contributed by atoms with E-state index in [2.05, 4.69) is 15.7 Å². The molecule has 0 spiro atoms. The normalized spacial score (nSPS) is 21.2. The van der Waals surface area contributed by atoms with Crippen LogP contribution in [0.5, 0.6) is 0 Å². The summed E-state index contributed by atoms with van der Waals surface area (Å²) >= 11 is 0. The van der Waals surface area contributed by atoms with Crippen LogP contribution in [0, 0.1) is 5.41 Å². The van der Waals surface area contributed by atoms with E-state index < -0.39 is 23.1 Å². The first-order chi connectivity index (χ1) is 14.9. The highest BCUT2D eigenvalue weighted by molar-refractivity contribution is 6.05. The molecule has 0 bridgehead atoms. The predicted molar refractivity (Wildman–Crippen MR) is 122 cm³/mol. The number of hydrogen-bond acceptors (Lipinski definition) is 4. The van der Waals surface area contributed by atoms with E-state index in [0.29, 0.717) is 12.1 Å². The molecule has 3 amide bonds. The quantitative estimate of drug-likeness (QED) is 0.657. The van der Waals surface area contributed by atoms with Gasteiger partial charge in [-0.2, -0.15) is 5.10 Å². The number of aromatic nitrogens is 2. The summed E-state index contributed by atoms with van der Waals surface area (Å²) in [6, 6.07) is 7.25. The molecule has 0 unspecified atom stereocenters. The number of carboxylic acid groups (broad SMARTS) is 1. The van der Waals surface area contributed by atoms with Crippen molar-refractivity contribution in [2.24, 2.45) is 5.41 Å². The lowest BCUT2D eigenvalue weighted by atomic mass is 9.71. The monoisotopic (exact) mass is 443 g/mol. The largest absolute Gasteiger partial charge is 0.465 e. The van der Waals surface area contributed by atoms with E-state index >= 15 is 0 Å². The number of para-hydroxylation sites is 1. The van der Waals surface area contributed by atoms with Gasteiger partial charge in [-0.3, -0.25) is 19.2 Å².